The minimum atomic E-state index is -4.97. The van der Waals surface area contributed by atoms with Crippen LogP contribution in [0.3, 0.4) is 0 Å². The van der Waals surface area contributed by atoms with Gasteiger partial charge in [0.2, 0.25) is 0 Å². The Hall–Kier alpha value is -2.71. The number of hydrogen-bond donors (Lipinski definition) is 2. The Bertz CT molecular complexity index is 802. The van der Waals surface area contributed by atoms with E-state index in [9.17, 15) is 31.1 Å². The SMILES string of the molecule is O=C(Nc1cc(C(F)(F)F)cc(C(F)(F)F)c1)NC1Cc2ccccc2C1. The van der Waals surface area contributed by atoms with E-state index in [4.69, 9.17) is 0 Å². The lowest BCUT2D eigenvalue weighted by molar-refractivity contribution is -0.143. The van der Waals surface area contributed by atoms with Gasteiger partial charge in [-0.15, -0.1) is 0 Å². The predicted molar refractivity (Wildman–Crippen MR) is 86.2 cm³/mol. The molecule has 0 unspecified atom stereocenters. The van der Waals surface area contributed by atoms with Crippen molar-refractivity contribution >= 4 is 11.7 Å². The number of amides is 2. The molecule has 2 amide bonds. The Balaban J connectivity index is 1.74. The monoisotopic (exact) mass is 388 g/mol. The maximum Gasteiger partial charge on any atom is 0.416 e. The van der Waals surface area contributed by atoms with Gasteiger partial charge in [0.15, 0.2) is 0 Å². The number of halogens is 6. The average molecular weight is 388 g/mol. The van der Waals surface area contributed by atoms with Crippen LogP contribution in [0.2, 0.25) is 0 Å². The largest absolute Gasteiger partial charge is 0.416 e. The van der Waals surface area contributed by atoms with Gasteiger partial charge in [-0.05, 0) is 42.2 Å². The highest BCUT2D eigenvalue weighted by Gasteiger charge is 2.37. The van der Waals surface area contributed by atoms with Crippen molar-refractivity contribution in [3.05, 3.63) is 64.7 Å². The number of hydrogen-bond acceptors (Lipinski definition) is 1. The van der Waals surface area contributed by atoms with Gasteiger partial charge in [0, 0.05) is 11.7 Å². The number of carbonyl (C=O) groups is 1. The Labute approximate surface area is 150 Å². The average Bonchev–Trinajstić information content (AvgIpc) is 2.94. The summed E-state index contributed by atoms with van der Waals surface area (Å²) in [5, 5.41) is 4.65. The first-order valence-electron chi connectivity index (χ1n) is 7.96. The van der Waals surface area contributed by atoms with Crippen molar-refractivity contribution in [2.45, 2.75) is 31.2 Å². The number of anilines is 1. The van der Waals surface area contributed by atoms with Gasteiger partial charge in [0.1, 0.15) is 0 Å². The Morgan fingerprint density at radius 2 is 1.33 bits per heavy atom. The van der Waals surface area contributed by atoms with Gasteiger partial charge >= 0.3 is 18.4 Å². The highest BCUT2D eigenvalue weighted by atomic mass is 19.4. The molecule has 0 radical (unpaired) electrons. The molecule has 2 aromatic rings. The van der Waals surface area contributed by atoms with Gasteiger partial charge in [0.25, 0.3) is 0 Å². The third-order valence-corrected chi connectivity index (χ3v) is 4.23. The Morgan fingerprint density at radius 3 is 1.78 bits per heavy atom. The summed E-state index contributed by atoms with van der Waals surface area (Å²) >= 11 is 0. The molecule has 0 fully saturated rings. The molecule has 144 valence electrons. The summed E-state index contributed by atoms with van der Waals surface area (Å²) in [6.45, 7) is 0. The van der Waals surface area contributed by atoms with Gasteiger partial charge in [0.05, 0.1) is 11.1 Å². The molecule has 0 spiro atoms. The van der Waals surface area contributed by atoms with E-state index in [0.29, 0.717) is 25.0 Å². The number of rotatable bonds is 2. The summed E-state index contributed by atoms with van der Waals surface area (Å²) < 4.78 is 77.1. The van der Waals surface area contributed by atoms with Gasteiger partial charge in [-0.2, -0.15) is 26.3 Å². The second-order valence-corrected chi connectivity index (χ2v) is 6.27. The van der Waals surface area contributed by atoms with Gasteiger partial charge in [-0.3, -0.25) is 0 Å². The van der Waals surface area contributed by atoms with Crippen LogP contribution in [0.1, 0.15) is 22.3 Å². The van der Waals surface area contributed by atoms with Crippen LogP contribution in [0.25, 0.3) is 0 Å². The van der Waals surface area contributed by atoms with E-state index >= 15 is 0 Å². The van der Waals surface area contributed by atoms with E-state index in [2.05, 4.69) is 10.6 Å². The molecular weight excluding hydrogens is 374 g/mol. The second kappa shape index (κ2) is 6.79. The highest BCUT2D eigenvalue weighted by Crippen LogP contribution is 2.37. The van der Waals surface area contributed by atoms with Crippen LogP contribution in [0.4, 0.5) is 36.8 Å². The maximum atomic E-state index is 12.9. The molecule has 0 bridgehead atoms. The molecule has 0 aromatic heterocycles. The van der Waals surface area contributed by atoms with Crippen molar-refractivity contribution in [2.24, 2.45) is 0 Å². The van der Waals surface area contributed by atoms with Crippen LogP contribution in [0.5, 0.6) is 0 Å². The van der Waals surface area contributed by atoms with E-state index in [-0.39, 0.29) is 12.1 Å². The fourth-order valence-corrected chi connectivity index (χ4v) is 3.04. The van der Waals surface area contributed by atoms with Crippen LogP contribution in [0.15, 0.2) is 42.5 Å². The zero-order chi connectivity index (χ0) is 19.8. The number of fused-ring (bicyclic) bond motifs is 1. The lowest BCUT2D eigenvalue weighted by Crippen LogP contribution is -2.38. The van der Waals surface area contributed by atoms with Crippen molar-refractivity contribution in [3.8, 4) is 0 Å². The third kappa shape index (κ3) is 4.53. The molecule has 2 N–H and O–H groups in total. The molecule has 3 rings (SSSR count). The third-order valence-electron chi connectivity index (χ3n) is 4.23. The second-order valence-electron chi connectivity index (χ2n) is 6.27. The first-order valence-corrected chi connectivity index (χ1v) is 7.96. The molecule has 9 heteroatoms. The number of carbonyl (C=O) groups excluding carboxylic acids is 1. The molecule has 2 aromatic carbocycles. The van der Waals surface area contributed by atoms with Crippen LogP contribution < -0.4 is 10.6 Å². The normalized spacial score (nSPS) is 14.7. The molecular formula is C18H14F6N2O. The van der Waals surface area contributed by atoms with Crippen molar-refractivity contribution < 1.29 is 31.1 Å². The van der Waals surface area contributed by atoms with Crippen LogP contribution in [0, 0.1) is 0 Å². The summed E-state index contributed by atoms with van der Waals surface area (Å²) in [5.41, 5.74) is -1.46. The van der Waals surface area contributed by atoms with Crippen molar-refractivity contribution in [3.63, 3.8) is 0 Å². The summed E-state index contributed by atoms with van der Waals surface area (Å²) in [4.78, 5) is 12.1. The lowest BCUT2D eigenvalue weighted by atomic mass is 10.1. The molecule has 27 heavy (non-hydrogen) atoms. The molecule has 1 aliphatic rings. The van der Waals surface area contributed by atoms with Gasteiger partial charge < -0.3 is 10.6 Å². The van der Waals surface area contributed by atoms with Crippen LogP contribution in [-0.4, -0.2) is 12.1 Å². The Kier molecular flexibility index (Phi) is 4.79. The van der Waals surface area contributed by atoms with E-state index in [0.717, 1.165) is 11.1 Å². The lowest BCUT2D eigenvalue weighted by Gasteiger charge is -2.16. The Morgan fingerprint density at radius 1 is 0.852 bits per heavy atom. The summed E-state index contributed by atoms with van der Waals surface area (Å²) in [7, 11) is 0. The number of alkyl halides is 6. The molecule has 0 saturated carbocycles. The van der Waals surface area contributed by atoms with Crippen LogP contribution >= 0.6 is 0 Å². The molecule has 0 aliphatic heterocycles. The molecule has 0 atom stereocenters. The molecule has 3 nitrogen and oxygen atoms in total. The minimum Gasteiger partial charge on any atom is -0.334 e. The fraction of sp³-hybridized carbons (Fsp3) is 0.278. The maximum absolute atomic E-state index is 12.9. The summed E-state index contributed by atoms with van der Waals surface area (Å²) in [5.74, 6) is 0. The zero-order valence-corrected chi connectivity index (χ0v) is 13.7. The van der Waals surface area contributed by atoms with Crippen molar-refractivity contribution in [2.75, 3.05) is 5.32 Å². The van der Waals surface area contributed by atoms with Crippen LogP contribution in [-0.2, 0) is 25.2 Å². The molecule has 0 heterocycles. The van der Waals surface area contributed by atoms with E-state index in [1.165, 1.54) is 0 Å². The first kappa shape index (κ1) is 19.1. The number of urea groups is 1. The molecule has 1 aliphatic carbocycles. The van der Waals surface area contributed by atoms with Crippen molar-refractivity contribution in [1.82, 2.24) is 5.32 Å². The summed E-state index contributed by atoms with van der Waals surface area (Å²) in [6, 6.07) is 7.31. The molecule has 0 saturated heterocycles. The fourth-order valence-electron chi connectivity index (χ4n) is 3.04. The van der Waals surface area contributed by atoms with E-state index in [1.54, 1.807) is 0 Å². The van der Waals surface area contributed by atoms with E-state index < -0.39 is 35.2 Å². The van der Waals surface area contributed by atoms with Crippen molar-refractivity contribution in [1.29, 1.82) is 0 Å². The highest BCUT2D eigenvalue weighted by molar-refractivity contribution is 5.89. The number of nitrogens with one attached hydrogen (secondary N) is 2. The minimum absolute atomic E-state index is 0.0106. The summed E-state index contributed by atoms with van der Waals surface area (Å²) in [6.07, 6.45) is -8.86. The number of benzene rings is 2. The standard InChI is InChI=1S/C18H14F6N2O/c19-17(20,21)12-7-13(18(22,23)24)9-15(8-12)26-16(27)25-14-5-10-3-1-2-4-11(10)6-14/h1-4,7-9,14H,5-6H2,(H2,25,26,27). The van der Waals surface area contributed by atoms with E-state index in [1.807, 2.05) is 24.3 Å². The predicted octanol–water partition coefficient (Wildman–Crippen LogP) is 5.01. The first-order chi connectivity index (χ1) is 12.5. The zero-order valence-electron chi connectivity index (χ0n) is 13.7. The van der Waals surface area contributed by atoms with Gasteiger partial charge in [-0.25, -0.2) is 4.79 Å². The quantitative estimate of drug-likeness (QED) is 0.698. The smallest absolute Gasteiger partial charge is 0.334 e. The van der Waals surface area contributed by atoms with Gasteiger partial charge in [-0.1, -0.05) is 24.3 Å². The topological polar surface area (TPSA) is 41.1 Å².